The smallest absolute Gasteiger partial charge is 0.191 e. The van der Waals surface area contributed by atoms with E-state index in [4.69, 9.17) is 9.15 Å². The van der Waals surface area contributed by atoms with E-state index in [0.29, 0.717) is 13.2 Å². The quantitative estimate of drug-likeness (QED) is 0.240. The Bertz CT molecular complexity index is 615. The molecule has 2 aromatic heterocycles. The highest BCUT2D eigenvalue weighted by Crippen LogP contribution is 2.02. The Balaban J connectivity index is 0.00000338. The number of rotatable bonds is 10. The highest BCUT2D eigenvalue weighted by atomic mass is 127. The molecule has 0 saturated carbocycles. The Kier molecular flexibility index (Phi) is 11.7. The van der Waals surface area contributed by atoms with E-state index in [1.807, 2.05) is 31.3 Å². The van der Waals surface area contributed by atoms with Gasteiger partial charge in [-0.25, -0.2) is 0 Å². The molecule has 0 bridgehead atoms. The average Bonchev–Trinajstić information content (AvgIpc) is 3.13. The first kappa shape index (κ1) is 22.4. The van der Waals surface area contributed by atoms with Crippen LogP contribution in [0.1, 0.15) is 30.4 Å². The molecule has 0 saturated heterocycles. The molecule has 2 rings (SSSR count). The summed E-state index contributed by atoms with van der Waals surface area (Å²) in [6.45, 7) is 7.63. The molecular weight excluding hydrogens is 443 g/mol. The maximum Gasteiger partial charge on any atom is 0.191 e. The zero-order chi connectivity index (χ0) is 17.7. The van der Waals surface area contributed by atoms with Crippen molar-refractivity contribution in [3.05, 3.63) is 53.7 Å². The SMILES string of the molecule is CCNC(=NCCCOCc1ccco1)NCCc1ccc(C)nc1.I. The van der Waals surface area contributed by atoms with Gasteiger partial charge >= 0.3 is 0 Å². The third-order valence-electron chi connectivity index (χ3n) is 3.56. The molecule has 0 fully saturated rings. The third kappa shape index (κ3) is 9.19. The van der Waals surface area contributed by atoms with Gasteiger partial charge in [0.15, 0.2) is 5.96 Å². The van der Waals surface area contributed by atoms with Gasteiger partial charge in [-0.05, 0) is 50.5 Å². The van der Waals surface area contributed by atoms with Gasteiger partial charge in [0.1, 0.15) is 12.4 Å². The number of guanidine groups is 1. The number of aryl methyl sites for hydroxylation is 1. The van der Waals surface area contributed by atoms with Crippen LogP contribution >= 0.6 is 24.0 Å². The number of halogens is 1. The minimum Gasteiger partial charge on any atom is -0.467 e. The molecule has 144 valence electrons. The molecule has 0 aromatic carbocycles. The standard InChI is InChI=1S/C19H28N4O2.HI/c1-3-20-19(22-11-9-17-8-7-16(2)23-14-17)21-10-5-12-24-15-18-6-4-13-25-18;/h4,6-8,13-14H,3,5,9-12,15H2,1-2H3,(H2,20,21,22);1H. The first-order valence-electron chi connectivity index (χ1n) is 8.81. The highest BCUT2D eigenvalue weighted by Gasteiger charge is 1.99. The van der Waals surface area contributed by atoms with Gasteiger partial charge in [-0.3, -0.25) is 9.98 Å². The summed E-state index contributed by atoms with van der Waals surface area (Å²) in [5, 5.41) is 6.61. The lowest BCUT2D eigenvalue weighted by Crippen LogP contribution is -2.38. The normalized spacial score (nSPS) is 11.1. The molecule has 0 atom stereocenters. The van der Waals surface area contributed by atoms with Crippen LogP contribution in [0.5, 0.6) is 0 Å². The summed E-state index contributed by atoms with van der Waals surface area (Å²) in [6.07, 6.45) is 5.38. The molecule has 26 heavy (non-hydrogen) atoms. The first-order chi connectivity index (χ1) is 12.3. The number of aliphatic imine (C=N–C) groups is 1. The van der Waals surface area contributed by atoms with Crippen LogP contribution in [0, 0.1) is 6.92 Å². The Morgan fingerprint density at radius 3 is 2.85 bits per heavy atom. The van der Waals surface area contributed by atoms with Gasteiger partial charge in [0, 0.05) is 38.1 Å². The molecule has 0 aliphatic rings. The van der Waals surface area contributed by atoms with Crippen LogP contribution in [0.3, 0.4) is 0 Å². The highest BCUT2D eigenvalue weighted by molar-refractivity contribution is 14.0. The monoisotopic (exact) mass is 472 g/mol. The number of hydrogen-bond acceptors (Lipinski definition) is 4. The van der Waals surface area contributed by atoms with Crippen LogP contribution in [0.4, 0.5) is 0 Å². The van der Waals surface area contributed by atoms with Gasteiger partial charge in [-0.1, -0.05) is 6.07 Å². The minimum atomic E-state index is 0. The Morgan fingerprint density at radius 2 is 2.15 bits per heavy atom. The van der Waals surface area contributed by atoms with Crippen molar-refractivity contribution in [3.63, 3.8) is 0 Å². The van der Waals surface area contributed by atoms with E-state index in [9.17, 15) is 0 Å². The van der Waals surface area contributed by atoms with E-state index >= 15 is 0 Å². The fourth-order valence-corrected chi connectivity index (χ4v) is 2.24. The molecule has 0 unspecified atom stereocenters. The van der Waals surface area contributed by atoms with Gasteiger partial charge in [0.25, 0.3) is 0 Å². The molecule has 0 aliphatic heterocycles. The largest absolute Gasteiger partial charge is 0.467 e. The molecule has 0 aliphatic carbocycles. The summed E-state index contributed by atoms with van der Waals surface area (Å²) in [6, 6.07) is 7.93. The van der Waals surface area contributed by atoms with E-state index in [1.165, 1.54) is 5.56 Å². The number of aromatic nitrogens is 1. The summed E-state index contributed by atoms with van der Waals surface area (Å²) < 4.78 is 10.8. The fourth-order valence-electron chi connectivity index (χ4n) is 2.24. The molecule has 2 heterocycles. The maximum atomic E-state index is 5.56. The molecular formula is C19H29IN4O2. The Labute approximate surface area is 172 Å². The van der Waals surface area contributed by atoms with E-state index < -0.39 is 0 Å². The van der Waals surface area contributed by atoms with Crippen molar-refractivity contribution < 1.29 is 9.15 Å². The number of furan rings is 1. The van der Waals surface area contributed by atoms with Crippen LogP contribution in [0.15, 0.2) is 46.1 Å². The van der Waals surface area contributed by atoms with E-state index in [1.54, 1.807) is 6.26 Å². The van der Waals surface area contributed by atoms with Gasteiger partial charge in [0.2, 0.25) is 0 Å². The molecule has 2 N–H and O–H groups in total. The van der Waals surface area contributed by atoms with Gasteiger partial charge in [-0.15, -0.1) is 24.0 Å². The van der Waals surface area contributed by atoms with Crippen molar-refractivity contribution in [3.8, 4) is 0 Å². The maximum absolute atomic E-state index is 5.56. The van der Waals surface area contributed by atoms with Crippen LogP contribution in [0.25, 0.3) is 0 Å². The van der Waals surface area contributed by atoms with Crippen LogP contribution in [-0.4, -0.2) is 37.2 Å². The number of ether oxygens (including phenoxy) is 1. The summed E-state index contributed by atoms with van der Waals surface area (Å²) >= 11 is 0. The Morgan fingerprint density at radius 1 is 1.27 bits per heavy atom. The lowest BCUT2D eigenvalue weighted by molar-refractivity contribution is 0.105. The summed E-state index contributed by atoms with van der Waals surface area (Å²) in [7, 11) is 0. The van der Waals surface area contributed by atoms with Gasteiger partial charge in [-0.2, -0.15) is 0 Å². The van der Waals surface area contributed by atoms with Crippen molar-refractivity contribution in [2.45, 2.75) is 33.3 Å². The van der Waals surface area contributed by atoms with Crippen molar-refractivity contribution >= 4 is 29.9 Å². The lowest BCUT2D eigenvalue weighted by atomic mass is 10.2. The van der Waals surface area contributed by atoms with Crippen LogP contribution in [-0.2, 0) is 17.8 Å². The summed E-state index contributed by atoms with van der Waals surface area (Å²) in [5.41, 5.74) is 2.26. The zero-order valence-electron chi connectivity index (χ0n) is 15.5. The van der Waals surface area contributed by atoms with Crippen molar-refractivity contribution in [2.24, 2.45) is 4.99 Å². The number of nitrogens with zero attached hydrogens (tertiary/aromatic N) is 2. The summed E-state index contributed by atoms with van der Waals surface area (Å²) in [5.74, 6) is 1.69. The second kappa shape index (κ2) is 13.6. The number of pyridine rings is 1. The Hall–Kier alpha value is -1.61. The fraction of sp³-hybridized carbons (Fsp3) is 0.474. The molecule has 0 radical (unpaired) electrons. The first-order valence-corrected chi connectivity index (χ1v) is 8.81. The van der Waals surface area contributed by atoms with Crippen LogP contribution in [0.2, 0.25) is 0 Å². The predicted molar refractivity (Wildman–Crippen MR) is 115 cm³/mol. The van der Waals surface area contributed by atoms with Crippen molar-refractivity contribution in [2.75, 3.05) is 26.2 Å². The molecule has 0 spiro atoms. The van der Waals surface area contributed by atoms with Gasteiger partial charge < -0.3 is 19.8 Å². The lowest BCUT2D eigenvalue weighted by Gasteiger charge is -2.11. The predicted octanol–water partition coefficient (Wildman–Crippen LogP) is 3.31. The topological polar surface area (TPSA) is 71.7 Å². The molecule has 7 heteroatoms. The minimum absolute atomic E-state index is 0. The second-order valence-electron chi connectivity index (χ2n) is 5.73. The molecule has 2 aromatic rings. The average molecular weight is 472 g/mol. The molecule has 6 nitrogen and oxygen atoms in total. The zero-order valence-corrected chi connectivity index (χ0v) is 17.9. The second-order valence-corrected chi connectivity index (χ2v) is 5.73. The molecule has 0 amide bonds. The van der Waals surface area contributed by atoms with Crippen molar-refractivity contribution in [1.82, 2.24) is 15.6 Å². The van der Waals surface area contributed by atoms with E-state index in [2.05, 4.69) is 33.6 Å². The van der Waals surface area contributed by atoms with Gasteiger partial charge in [0.05, 0.1) is 6.26 Å². The van der Waals surface area contributed by atoms with Crippen LogP contribution < -0.4 is 10.6 Å². The summed E-state index contributed by atoms with van der Waals surface area (Å²) in [4.78, 5) is 8.88. The number of nitrogens with one attached hydrogen (secondary N) is 2. The van der Waals surface area contributed by atoms with E-state index in [-0.39, 0.29) is 24.0 Å². The van der Waals surface area contributed by atoms with E-state index in [0.717, 1.165) is 49.9 Å². The third-order valence-corrected chi connectivity index (χ3v) is 3.56. The van der Waals surface area contributed by atoms with Crippen molar-refractivity contribution in [1.29, 1.82) is 0 Å². The number of hydrogen-bond donors (Lipinski definition) is 2.